The quantitative estimate of drug-likeness (QED) is 0.756. The Morgan fingerprint density at radius 3 is 2.68 bits per heavy atom. The Morgan fingerprint density at radius 1 is 1.20 bits per heavy atom. The standard InChI is InChI=1S/C18H16N4O2S/c19-16(23)15-13-3-1-4-14(13)25-18(15)21-17(24)11-5-7-12(8-6-11)22-10-2-9-20-22/h2,5-10H,1,3-4H2,(H2,19,23)(H,21,24). The molecule has 1 aliphatic carbocycles. The molecule has 0 atom stereocenters. The van der Waals surface area contributed by atoms with E-state index in [4.69, 9.17) is 5.73 Å². The molecule has 2 heterocycles. The van der Waals surface area contributed by atoms with Crippen LogP contribution in [0.3, 0.4) is 0 Å². The molecule has 2 aromatic heterocycles. The summed E-state index contributed by atoms with van der Waals surface area (Å²) in [6.45, 7) is 0. The second-order valence-corrected chi connectivity index (χ2v) is 6.98. The molecular weight excluding hydrogens is 336 g/mol. The Labute approximate surface area is 148 Å². The fraction of sp³-hybridized carbons (Fsp3) is 0.167. The van der Waals surface area contributed by atoms with Gasteiger partial charge >= 0.3 is 0 Å². The number of nitrogens with two attached hydrogens (primary N) is 1. The molecule has 0 aliphatic heterocycles. The second-order valence-electron chi connectivity index (χ2n) is 5.88. The summed E-state index contributed by atoms with van der Waals surface area (Å²) in [5.74, 6) is -0.738. The van der Waals surface area contributed by atoms with Crippen molar-refractivity contribution in [2.45, 2.75) is 19.3 Å². The minimum atomic E-state index is -0.483. The summed E-state index contributed by atoms with van der Waals surface area (Å²) in [6.07, 6.45) is 6.35. The normalized spacial score (nSPS) is 12.8. The molecule has 7 heteroatoms. The lowest BCUT2D eigenvalue weighted by molar-refractivity contribution is 0.100. The molecule has 0 saturated heterocycles. The van der Waals surface area contributed by atoms with Crippen molar-refractivity contribution in [3.8, 4) is 5.69 Å². The number of amides is 2. The van der Waals surface area contributed by atoms with E-state index in [0.717, 1.165) is 35.4 Å². The highest BCUT2D eigenvalue weighted by atomic mass is 32.1. The predicted molar refractivity (Wildman–Crippen MR) is 96.4 cm³/mol. The van der Waals surface area contributed by atoms with Crippen molar-refractivity contribution in [2.75, 3.05) is 5.32 Å². The Morgan fingerprint density at radius 2 is 2.00 bits per heavy atom. The fourth-order valence-electron chi connectivity index (χ4n) is 3.12. The van der Waals surface area contributed by atoms with E-state index in [0.29, 0.717) is 16.1 Å². The fourth-order valence-corrected chi connectivity index (χ4v) is 4.41. The van der Waals surface area contributed by atoms with Crippen LogP contribution in [0.4, 0.5) is 5.00 Å². The number of thiophene rings is 1. The van der Waals surface area contributed by atoms with E-state index < -0.39 is 5.91 Å². The van der Waals surface area contributed by atoms with E-state index in [1.54, 1.807) is 23.0 Å². The van der Waals surface area contributed by atoms with E-state index in [-0.39, 0.29) is 5.91 Å². The SMILES string of the molecule is NC(=O)c1c(NC(=O)c2ccc(-n3cccn3)cc2)sc2c1CCC2. The predicted octanol–water partition coefficient (Wildman–Crippen LogP) is 2.77. The van der Waals surface area contributed by atoms with Crippen molar-refractivity contribution in [3.63, 3.8) is 0 Å². The number of nitrogens with one attached hydrogen (secondary N) is 1. The minimum Gasteiger partial charge on any atom is -0.365 e. The van der Waals surface area contributed by atoms with Crippen LogP contribution in [-0.2, 0) is 12.8 Å². The second kappa shape index (κ2) is 6.18. The number of aryl methyl sites for hydroxylation is 1. The number of aromatic nitrogens is 2. The van der Waals surface area contributed by atoms with E-state index in [1.807, 2.05) is 24.4 Å². The molecule has 4 rings (SSSR count). The number of hydrogen-bond acceptors (Lipinski definition) is 4. The topological polar surface area (TPSA) is 90.0 Å². The number of primary amides is 1. The molecule has 2 amide bonds. The first kappa shape index (κ1) is 15.6. The zero-order valence-corrected chi connectivity index (χ0v) is 14.2. The van der Waals surface area contributed by atoms with E-state index in [1.165, 1.54) is 11.3 Å². The molecular formula is C18H16N4O2S. The largest absolute Gasteiger partial charge is 0.365 e. The van der Waals surface area contributed by atoms with Crippen LogP contribution in [0.25, 0.3) is 5.69 Å². The first-order chi connectivity index (χ1) is 12.1. The van der Waals surface area contributed by atoms with Crippen LogP contribution in [0, 0.1) is 0 Å². The molecule has 0 bridgehead atoms. The van der Waals surface area contributed by atoms with Gasteiger partial charge in [-0.05, 0) is 55.2 Å². The molecule has 0 saturated carbocycles. The molecule has 0 fully saturated rings. The first-order valence-corrected chi connectivity index (χ1v) is 8.81. The van der Waals surface area contributed by atoms with Crippen LogP contribution < -0.4 is 11.1 Å². The monoisotopic (exact) mass is 352 g/mol. The maximum Gasteiger partial charge on any atom is 0.256 e. The minimum absolute atomic E-state index is 0.255. The summed E-state index contributed by atoms with van der Waals surface area (Å²) >= 11 is 1.45. The van der Waals surface area contributed by atoms with Crippen molar-refractivity contribution in [2.24, 2.45) is 5.73 Å². The lowest BCUT2D eigenvalue weighted by Gasteiger charge is -2.07. The molecule has 0 spiro atoms. The number of anilines is 1. The van der Waals surface area contributed by atoms with Crippen molar-refractivity contribution in [3.05, 3.63) is 64.3 Å². The third-order valence-electron chi connectivity index (χ3n) is 4.29. The number of carbonyl (C=O) groups excluding carboxylic acids is 2. The van der Waals surface area contributed by atoms with Crippen LogP contribution in [0.2, 0.25) is 0 Å². The lowest BCUT2D eigenvalue weighted by Crippen LogP contribution is -2.17. The number of hydrogen-bond donors (Lipinski definition) is 2. The van der Waals surface area contributed by atoms with Crippen LogP contribution in [0.5, 0.6) is 0 Å². The Kier molecular flexibility index (Phi) is 3.85. The van der Waals surface area contributed by atoms with Gasteiger partial charge in [0, 0.05) is 22.8 Å². The number of nitrogens with zero attached hydrogens (tertiary/aromatic N) is 2. The summed E-state index contributed by atoms with van der Waals surface area (Å²) in [5.41, 5.74) is 8.38. The Bertz CT molecular complexity index is 942. The molecule has 126 valence electrons. The summed E-state index contributed by atoms with van der Waals surface area (Å²) in [5, 5.41) is 7.56. The molecule has 0 radical (unpaired) electrons. The molecule has 1 aromatic carbocycles. The Balaban J connectivity index is 1.58. The number of rotatable bonds is 4. The summed E-state index contributed by atoms with van der Waals surface area (Å²) in [7, 11) is 0. The molecule has 0 unspecified atom stereocenters. The average Bonchev–Trinajstić information content (AvgIpc) is 3.31. The van der Waals surface area contributed by atoms with Gasteiger partial charge in [0.25, 0.3) is 11.8 Å². The third-order valence-corrected chi connectivity index (χ3v) is 5.50. The van der Waals surface area contributed by atoms with Gasteiger partial charge in [0.2, 0.25) is 0 Å². The van der Waals surface area contributed by atoms with E-state index in [9.17, 15) is 9.59 Å². The van der Waals surface area contributed by atoms with Crippen molar-refractivity contribution < 1.29 is 9.59 Å². The highest BCUT2D eigenvalue weighted by Crippen LogP contribution is 2.39. The van der Waals surface area contributed by atoms with Gasteiger partial charge in [0.05, 0.1) is 11.3 Å². The van der Waals surface area contributed by atoms with Crippen molar-refractivity contribution in [1.29, 1.82) is 0 Å². The molecule has 3 N–H and O–H groups in total. The van der Waals surface area contributed by atoms with Crippen LogP contribution >= 0.6 is 11.3 Å². The molecule has 25 heavy (non-hydrogen) atoms. The maximum absolute atomic E-state index is 12.5. The van der Waals surface area contributed by atoms with Crippen LogP contribution in [0.1, 0.15) is 37.6 Å². The van der Waals surface area contributed by atoms with Crippen LogP contribution in [-0.4, -0.2) is 21.6 Å². The number of benzene rings is 1. The van der Waals surface area contributed by atoms with Gasteiger partial charge in [-0.25, -0.2) is 4.68 Å². The average molecular weight is 352 g/mol. The van der Waals surface area contributed by atoms with Crippen LogP contribution in [0.15, 0.2) is 42.7 Å². The van der Waals surface area contributed by atoms with Crippen molar-refractivity contribution in [1.82, 2.24) is 9.78 Å². The highest BCUT2D eigenvalue weighted by Gasteiger charge is 2.26. The van der Waals surface area contributed by atoms with Gasteiger partial charge < -0.3 is 11.1 Å². The van der Waals surface area contributed by atoms with Gasteiger partial charge in [-0.15, -0.1) is 11.3 Å². The van der Waals surface area contributed by atoms with Gasteiger partial charge in [0.15, 0.2) is 0 Å². The van der Waals surface area contributed by atoms with Crippen molar-refractivity contribution >= 4 is 28.2 Å². The summed E-state index contributed by atoms with van der Waals surface area (Å²) in [6, 6.07) is 8.95. The zero-order chi connectivity index (χ0) is 17.4. The van der Waals surface area contributed by atoms with Gasteiger partial charge in [-0.2, -0.15) is 5.10 Å². The maximum atomic E-state index is 12.5. The summed E-state index contributed by atoms with van der Waals surface area (Å²) in [4.78, 5) is 25.5. The smallest absolute Gasteiger partial charge is 0.256 e. The van der Waals surface area contributed by atoms with E-state index in [2.05, 4.69) is 10.4 Å². The summed E-state index contributed by atoms with van der Waals surface area (Å²) < 4.78 is 1.72. The van der Waals surface area contributed by atoms with Gasteiger partial charge in [-0.3, -0.25) is 9.59 Å². The number of carbonyl (C=O) groups is 2. The first-order valence-electron chi connectivity index (χ1n) is 7.99. The lowest BCUT2D eigenvalue weighted by atomic mass is 10.1. The molecule has 6 nitrogen and oxygen atoms in total. The van der Waals surface area contributed by atoms with Gasteiger partial charge in [0.1, 0.15) is 5.00 Å². The van der Waals surface area contributed by atoms with E-state index >= 15 is 0 Å². The van der Waals surface area contributed by atoms with Gasteiger partial charge in [-0.1, -0.05) is 0 Å². The molecule has 3 aromatic rings. The highest BCUT2D eigenvalue weighted by molar-refractivity contribution is 7.17. The molecule has 1 aliphatic rings. The Hall–Kier alpha value is -2.93. The third kappa shape index (κ3) is 2.83. The number of fused-ring (bicyclic) bond motifs is 1. The zero-order valence-electron chi connectivity index (χ0n) is 13.4.